The Labute approximate surface area is 217 Å². The number of ether oxygens (including phenoxy) is 2. The second-order valence-corrected chi connectivity index (χ2v) is 7.88. The van der Waals surface area contributed by atoms with Crippen molar-refractivity contribution in [1.82, 2.24) is 0 Å². The summed E-state index contributed by atoms with van der Waals surface area (Å²) in [4.78, 5) is 36.0. The zero-order chi connectivity index (χ0) is 26.8. The van der Waals surface area contributed by atoms with Crippen LogP contribution in [-0.4, -0.2) is 36.1 Å². The Morgan fingerprint density at radius 3 is 2.41 bits per heavy atom. The maximum absolute atomic E-state index is 12.6. The lowest BCUT2D eigenvalue weighted by Crippen LogP contribution is -2.20. The van der Waals surface area contributed by atoms with Crippen molar-refractivity contribution in [3.63, 3.8) is 0 Å². The molecule has 37 heavy (non-hydrogen) atoms. The molecule has 0 heterocycles. The number of aromatic carboxylic acids is 1. The van der Waals surface area contributed by atoms with E-state index in [1.54, 1.807) is 31.2 Å². The Kier molecular flexibility index (Phi) is 9.24. The Hall–Kier alpha value is -4.81. The minimum absolute atomic E-state index is 0.0125. The molecule has 3 aromatic rings. The van der Waals surface area contributed by atoms with E-state index in [-0.39, 0.29) is 46.6 Å². The molecular formula is C27H22ClN3O6. The predicted octanol–water partition coefficient (Wildman–Crippen LogP) is 5.00. The van der Waals surface area contributed by atoms with Crippen molar-refractivity contribution in [1.29, 1.82) is 5.26 Å². The van der Waals surface area contributed by atoms with Crippen LogP contribution in [0.2, 0.25) is 5.02 Å². The van der Waals surface area contributed by atoms with Crippen LogP contribution in [0.3, 0.4) is 0 Å². The van der Waals surface area contributed by atoms with Gasteiger partial charge in [0, 0.05) is 11.4 Å². The van der Waals surface area contributed by atoms with E-state index >= 15 is 0 Å². The molecule has 2 amide bonds. The van der Waals surface area contributed by atoms with Crippen molar-refractivity contribution in [2.45, 2.75) is 6.92 Å². The molecule has 0 fully saturated rings. The highest BCUT2D eigenvalue weighted by molar-refractivity contribution is 6.32. The number of amides is 2. The molecule has 0 aliphatic rings. The first kappa shape index (κ1) is 26.8. The van der Waals surface area contributed by atoms with Gasteiger partial charge in [0.1, 0.15) is 11.6 Å². The SMILES string of the molecule is CCOc1cc(/C=C(/C#N)C(=O)Nc2cccc(C(=O)O)c2)cc(Cl)c1OCC(=O)Nc1ccccc1. The van der Waals surface area contributed by atoms with Crippen molar-refractivity contribution in [2.75, 3.05) is 23.8 Å². The molecule has 3 aromatic carbocycles. The third kappa shape index (κ3) is 7.59. The van der Waals surface area contributed by atoms with E-state index in [2.05, 4.69) is 10.6 Å². The Morgan fingerprint density at radius 2 is 1.73 bits per heavy atom. The number of nitrogens with zero attached hydrogens (tertiary/aromatic N) is 1. The number of rotatable bonds is 10. The maximum atomic E-state index is 12.6. The highest BCUT2D eigenvalue weighted by Crippen LogP contribution is 2.37. The van der Waals surface area contributed by atoms with Gasteiger partial charge in [-0.3, -0.25) is 9.59 Å². The summed E-state index contributed by atoms with van der Waals surface area (Å²) in [7, 11) is 0. The molecule has 0 aliphatic heterocycles. The van der Waals surface area contributed by atoms with Crippen LogP contribution >= 0.6 is 11.6 Å². The molecule has 0 unspecified atom stereocenters. The van der Waals surface area contributed by atoms with Crippen LogP contribution in [0.15, 0.2) is 72.3 Å². The molecule has 0 aliphatic carbocycles. The molecule has 0 radical (unpaired) electrons. The van der Waals surface area contributed by atoms with Crippen LogP contribution in [0, 0.1) is 11.3 Å². The van der Waals surface area contributed by atoms with E-state index in [1.165, 1.54) is 42.5 Å². The zero-order valence-corrected chi connectivity index (χ0v) is 20.4. The molecule has 0 atom stereocenters. The van der Waals surface area contributed by atoms with E-state index in [1.807, 2.05) is 12.1 Å². The lowest BCUT2D eigenvalue weighted by atomic mass is 10.1. The number of nitriles is 1. The number of carboxylic acids is 1. The summed E-state index contributed by atoms with van der Waals surface area (Å²) in [5.74, 6) is -1.93. The molecule has 0 bridgehead atoms. The van der Waals surface area contributed by atoms with Crippen LogP contribution in [0.5, 0.6) is 11.5 Å². The second kappa shape index (κ2) is 12.8. The summed E-state index contributed by atoms with van der Waals surface area (Å²) in [6.45, 7) is 1.69. The van der Waals surface area contributed by atoms with Gasteiger partial charge in [0.25, 0.3) is 11.8 Å². The summed E-state index contributed by atoms with van der Waals surface area (Å²) in [5.41, 5.74) is 0.943. The largest absolute Gasteiger partial charge is 0.490 e. The Balaban J connectivity index is 1.78. The Morgan fingerprint density at radius 1 is 1.00 bits per heavy atom. The molecule has 0 saturated carbocycles. The summed E-state index contributed by atoms with van der Waals surface area (Å²) in [6.07, 6.45) is 1.30. The number of carbonyl (C=O) groups is 3. The van der Waals surface area contributed by atoms with Crippen LogP contribution in [-0.2, 0) is 9.59 Å². The van der Waals surface area contributed by atoms with Gasteiger partial charge in [0.05, 0.1) is 17.2 Å². The monoisotopic (exact) mass is 519 g/mol. The van der Waals surface area contributed by atoms with E-state index in [0.29, 0.717) is 11.3 Å². The summed E-state index contributed by atoms with van der Waals surface area (Å²) in [5, 5.41) is 24.0. The first-order valence-electron chi connectivity index (χ1n) is 11.0. The summed E-state index contributed by atoms with van der Waals surface area (Å²) < 4.78 is 11.2. The predicted molar refractivity (Wildman–Crippen MR) is 139 cm³/mol. The molecule has 188 valence electrons. The number of benzene rings is 3. The molecule has 10 heteroatoms. The van der Waals surface area contributed by atoms with Gasteiger partial charge in [-0.15, -0.1) is 0 Å². The fourth-order valence-corrected chi connectivity index (χ4v) is 3.45. The molecular weight excluding hydrogens is 498 g/mol. The fraction of sp³-hybridized carbons (Fsp3) is 0.111. The quantitative estimate of drug-likeness (QED) is 0.253. The first-order chi connectivity index (χ1) is 17.8. The third-order valence-electron chi connectivity index (χ3n) is 4.78. The molecule has 3 N–H and O–H groups in total. The van der Waals surface area contributed by atoms with Gasteiger partial charge in [0.2, 0.25) is 0 Å². The van der Waals surface area contributed by atoms with Crippen LogP contribution in [0.4, 0.5) is 11.4 Å². The van der Waals surface area contributed by atoms with Crippen molar-refractivity contribution in [2.24, 2.45) is 0 Å². The smallest absolute Gasteiger partial charge is 0.335 e. The van der Waals surface area contributed by atoms with Gasteiger partial charge in [-0.1, -0.05) is 35.9 Å². The number of nitrogens with one attached hydrogen (secondary N) is 2. The lowest BCUT2D eigenvalue weighted by molar-refractivity contribution is -0.118. The molecule has 9 nitrogen and oxygen atoms in total. The van der Waals surface area contributed by atoms with Gasteiger partial charge in [-0.05, 0) is 61.0 Å². The number of carbonyl (C=O) groups excluding carboxylic acids is 2. The highest BCUT2D eigenvalue weighted by atomic mass is 35.5. The number of halogens is 1. The second-order valence-electron chi connectivity index (χ2n) is 7.48. The van der Waals surface area contributed by atoms with Gasteiger partial charge >= 0.3 is 5.97 Å². The fourth-order valence-electron chi connectivity index (χ4n) is 3.17. The number of anilines is 2. The first-order valence-corrected chi connectivity index (χ1v) is 11.4. The zero-order valence-electron chi connectivity index (χ0n) is 19.7. The number of hydrogen-bond acceptors (Lipinski definition) is 6. The van der Waals surface area contributed by atoms with Crippen molar-refractivity contribution >= 4 is 46.8 Å². The summed E-state index contributed by atoms with van der Waals surface area (Å²) in [6, 6.07) is 19.3. The average Bonchev–Trinajstić information content (AvgIpc) is 2.87. The van der Waals surface area contributed by atoms with Gasteiger partial charge in [-0.25, -0.2) is 4.79 Å². The normalized spacial score (nSPS) is 10.7. The third-order valence-corrected chi connectivity index (χ3v) is 5.06. The van der Waals surface area contributed by atoms with Crippen molar-refractivity contribution in [3.05, 3.63) is 88.5 Å². The topological polar surface area (TPSA) is 138 Å². The van der Waals surface area contributed by atoms with E-state index in [0.717, 1.165) is 0 Å². The highest BCUT2D eigenvalue weighted by Gasteiger charge is 2.16. The molecule has 0 aromatic heterocycles. The average molecular weight is 520 g/mol. The van der Waals surface area contributed by atoms with Crippen molar-refractivity contribution < 1.29 is 29.0 Å². The molecule has 3 rings (SSSR count). The molecule has 0 saturated heterocycles. The number of hydrogen-bond donors (Lipinski definition) is 3. The number of carboxylic acid groups (broad SMARTS) is 1. The van der Waals surface area contributed by atoms with E-state index in [9.17, 15) is 19.6 Å². The van der Waals surface area contributed by atoms with Crippen LogP contribution < -0.4 is 20.1 Å². The van der Waals surface area contributed by atoms with Gasteiger partial charge in [-0.2, -0.15) is 5.26 Å². The van der Waals surface area contributed by atoms with Gasteiger partial charge in [0.15, 0.2) is 18.1 Å². The van der Waals surface area contributed by atoms with E-state index < -0.39 is 17.8 Å². The van der Waals surface area contributed by atoms with E-state index in [4.69, 9.17) is 26.2 Å². The number of para-hydroxylation sites is 1. The summed E-state index contributed by atoms with van der Waals surface area (Å²) >= 11 is 6.39. The maximum Gasteiger partial charge on any atom is 0.335 e. The molecule has 0 spiro atoms. The van der Waals surface area contributed by atoms with Crippen molar-refractivity contribution in [3.8, 4) is 17.6 Å². The Bertz CT molecular complexity index is 1380. The lowest BCUT2D eigenvalue weighted by Gasteiger charge is -2.14. The minimum Gasteiger partial charge on any atom is -0.490 e. The standard InChI is InChI=1S/C27H22ClN3O6/c1-2-36-23-13-17(11-19(15-29)26(33)31-21-10-6-7-18(14-21)27(34)35)12-22(28)25(23)37-16-24(32)30-20-8-4-3-5-9-20/h3-14H,2,16H2,1H3,(H,30,32)(H,31,33)(H,34,35)/b19-11-. The van der Waals surface area contributed by atoms with Crippen LogP contribution in [0.1, 0.15) is 22.8 Å². The van der Waals surface area contributed by atoms with Crippen LogP contribution in [0.25, 0.3) is 6.08 Å². The van der Waals surface area contributed by atoms with Gasteiger partial charge < -0.3 is 25.2 Å². The minimum atomic E-state index is -1.15.